The molecule has 11 heteroatoms. The smallest absolute Gasteiger partial charge is 0.336 e. The number of halogens is 3. The molecule has 1 aromatic heterocycles. The first-order valence-electron chi connectivity index (χ1n) is 8.38. The van der Waals surface area contributed by atoms with Gasteiger partial charge in [0.05, 0.1) is 11.6 Å². The van der Waals surface area contributed by atoms with E-state index < -0.39 is 18.5 Å². The molecule has 3 rings (SSSR count). The van der Waals surface area contributed by atoms with Crippen LogP contribution in [0.4, 0.5) is 14.5 Å². The number of anilines is 1. The molecule has 0 unspecified atom stereocenters. The highest BCUT2D eigenvalue weighted by Gasteiger charge is 2.40. The van der Waals surface area contributed by atoms with E-state index >= 15 is 0 Å². The van der Waals surface area contributed by atoms with Crippen LogP contribution >= 0.6 is 11.6 Å². The van der Waals surface area contributed by atoms with Crippen molar-refractivity contribution in [3.8, 4) is 6.07 Å². The molecule has 0 spiro atoms. The molecule has 8 nitrogen and oxygen atoms in total. The number of benzene rings is 1. The maximum atomic E-state index is 12.3. The molecule has 1 heterocycles. The predicted molar refractivity (Wildman–Crippen MR) is 101 cm³/mol. The molecule has 1 fully saturated rings. The molecule has 0 bridgehead atoms. The Morgan fingerprint density at radius 3 is 2.86 bits per heavy atom. The number of rotatable bonds is 6. The zero-order chi connectivity index (χ0) is 21.0. The Balaban J connectivity index is 1.63. The van der Waals surface area contributed by atoms with Gasteiger partial charge in [-0.25, -0.2) is 4.98 Å². The number of nitriles is 1. The number of nitrogens with one attached hydrogen (secondary N) is 2. The first kappa shape index (κ1) is 20.4. The van der Waals surface area contributed by atoms with Crippen molar-refractivity contribution in [2.24, 2.45) is 10.7 Å². The number of hydroxylamine groups is 1. The first-order valence-corrected chi connectivity index (χ1v) is 8.76. The van der Waals surface area contributed by atoms with Crippen molar-refractivity contribution >= 4 is 29.2 Å². The molecule has 1 saturated carbocycles. The van der Waals surface area contributed by atoms with Crippen LogP contribution in [-0.2, 0) is 4.84 Å². The normalized spacial score (nSPS) is 18.2. The minimum absolute atomic E-state index is 0.0493. The van der Waals surface area contributed by atoms with Crippen molar-refractivity contribution in [2.45, 2.75) is 24.9 Å². The second kappa shape index (κ2) is 8.81. The number of carbonyl (C=O) groups excluding carboxylic acids is 1. The zero-order valence-corrected chi connectivity index (χ0v) is 15.5. The molecule has 29 heavy (non-hydrogen) atoms. The molecule has 1 aliphatic carbocycles. The minimum atomic E-state index is -2.95. The van der Waals surface area contributed by atoms with Gasteiger partial charge in [-0.1, -0.05) is 11.6 Å². The van der Waals surface area contributed by atoms with E-state index in [1.165, 1.54) is 18.3 Å². The molecule has 150 valence electrons. The summed E-state index contributed by atoms with van der Waals surface area (Å²) >= 11 is 6.24. The maximum Gasteiger partial charge on any atom is 0.336 e. The number of amides is 1. The van der Waals surface area contributed by atoms with E-state index in [0.29, 0.717) is 22.7 Å². The monoisotopic (exact) mass is 420 g/mol. The number of nitrogens with zero attached hydrogens (tertiary/aromatic N) is 3. The lowest BCUT2D eigenvalue weighted by Gasteiger charge is -2.10. The van der Waals surface area contributed by atoms with Crippen LogP contribution in [0.15, 0.2) is 41.5 Å². The summed E-state index contributed by atoms with van der Waals surface area (Å²) in [6, 6.07) is 9.03. The van der Waals surface area contributed by atoms with Gasteiger partial charge in [0.25, 0.3) is 5.91 Å². The molecule has 0 aliphatic heterocycles. The predicted octanol–water partition coefficient (Wildman–Crippen LogP) is 2.77. The fraction of sp³-hybridized carbons (Fsp3) is 0.222. The van der Waals surface area contributed by atoms with E-state index in [0.717, 1.165) is 5.56 Å². The van der Waals surface area contributed by atoms with E-state index in [-0.39, 0.29) is 17.7 Å². The number of nitrogens with two attached hydrogens (primary N) is 1. The first-order chi connectivity index (χ1) is 13.9. The summed E-state index contributed by atoms with van der Waals surface area (Å²) < 4.78 is 24.2. The van der Waals surface area contributed by atoms with Crippen LogP contribution in [0.1, 0.15) is 34.0 Å². The molecule has 1 aliphatic rings. The van der Waals surface area contributed by atoms with Crippen molar-refractivity contribution in [3.63, 3.8) is 0 Å². The van der Waals surface area contributed by atoms with E-state index in [1.54, 1.807) is 18.2 Å². The Bertz CT molecular complexity index is 977. The van der Waals surface area contributed by atoms with Crippen LogP contribution in [0.5, 0.6) is 0 Å². The minimum Gasteiger partial charge on any atom is -0.371 e. The quantitative estimate of drug-likeness (QED) is 0.285. The number of hydrogen-bond donors (Lipinski definition) is 3. The van der Waals surface area contributed by atoms with Crippen LogP contribution in [0.25, 0.3) is 0 Å². The van der Waals surface area contributed by atoms with E-state index in [9.17, 15) is 13.6 Å². The average molecular weight is 421 g/mol. The fourth-order valence-corrected chi connectivity index (χ4v) is 2.88. The van der Waals surface area contributed by atoms with Crippen LogP contribution in [0.3, 0.4) is 0 Å². The highest BCUT2D eigenvalue weighted by atomic mass is 35.5. The number of amidine groups is 1. The molecule has 1 aromatic carbocycles. The summed E-state index contributed by atoms with van der Waals surface area (Å²) in [5.41, 5.74) is 9.54. The SMILES string of the molecule is N#Cc1ccc(C(=O)Nc2ccc(Cl)c([C@H]3C[C@H]3NO/C(N)=N\C(F)F)c2)nc1. The lowest BCUT2D eigenvalue weighted by atomic mass is 10.1. The van der Waals surface area contributed by atoms with Gasteiger partial charge in [0, 0.05) is 22.8 Å². The average Bonchev–Trinajstić information content (AvgIpc) is 3.47. The number of pyridine rings is 1. The van der Waals surface area contributed by atoms with Gasteiger partial charge in [-0.3, -0.25) is 4.79 Å². The molecular weight excluding hydrogens is 406 g/mol. The molecule has 1 amide bonds. The summed E-state index contributed by atoms with van der Waals surface area (Å²) in [5.74, 6) is -0.487. The van der Waals surface area contributed by atoms with E-state index in [4.69, 9.17) is 27.4 Å². The molecule has 4 N–H and O–H groups in total. The Labute approximate surface area is 169 Å². The molecule has 2 atom stereocenters. The Morgan fingerprint density at radius 2 is 2.21 bits per heavy atom. The van der Waals surface area contributed by atoms with E-state index in [1.807, 2.05) is 6.07 Å². The number of aliphatic imine (C=N–C) groups is 1. The van der Waals surface area contributed by atoms with Crippen LogP contribution < -0.4 is 16.5 Å². The number of carbonyl (C=O) groups is 1. The molecule has 0 radical (unpaired) electrons. The summed E-state index contributed by atoms with van der Waals surface area (Å²) in [4.78, 5) is 23.8. The third-order valence-electron chi connectivity index (χ3n) is 4.11. The maximum absolute atomic E-state index is 12.3. The summed E-state index contributed by atoms with van der Waals surface area (Å²) in [6.07, 6.45) is 1.95. The second-order valence-corrected chi connectivity index (χ2v) is 6.56. The van der Waals surface area contributed by atoms with Crippen molar-refractivity contribution in [1.29, 1.82) is 5.26 Å². The van der Waals surface area contributed by atoms with Crippen LogP contribution in [-0.4, -0.2) is 29.5 Å². The third-order valence-corrected chi connectivity index (χ3v) is 4.45. The standard InChI is InChI=1S/C18H15ClF2N6O2/c19-13-3-2-10(25-16(28)14-4-1-9(7-22)8-24-14)5-11(13)12-6-15(12)27-29-18(23)26-17(20)21/h1-5,8,12,15,17,27H,6H2,(H2,23,26)(H,25,28)/t12-,15-/m1/s1. The van der Waals surface area contributed by atoms with Gasteiger partial charge >= 0.3 is 12.6 Å². The van der Waals surface area contributed by atoms with Crippen molar-refractivity contribution < 1.29 is 18.4 Å². The van der Waals surface area contributed by atoms with Gasteiger partial charge in [-0.2, -0.15) is 19.0 Å². The van der Waals surface area contributed by atoms with Gasteiger partial charge in [0.1, 0.15) is 11.8 Å². The molecule has 2 aromatic rings. The van der Waals surface area contributed by atoms with Crippen LogP contribution in [0.2, 0.25) is 5.02 Å². The molecule has 0 saturated heterocycles. The zero-order valence-electron chi connectivity index (χ0n) is 14.8. The fourth-order valence-electron chi connectivity index (χ4n) is 2.62. The van der Waals surface area contributed by atoms with Crippen molar-refractivity contribution in [1.82, 2.24) is 10.5 Å². The summed E-state index contributed by atoms with van der Waals surface area (Å²) in [7, 11) is 0. The summed E-state index contributed by atoms with van der Waals surface area (Å²) in [5, 5.41) is 12.0. The Kier molecular flexibility index (Phi) is 6.21. The van der Waals surface area contributed by atoms with Gasteiger partial charge < -0.3 is 15.9 Å². The third kappa shape index (κ3) is 5.37. The Morgan fingerprint density at radius 1 is 1.41 bits per heavy atom. The second-order valence-electron chi connectivity index (χ2n) is 6.15. The van der Waals surface area contributed by atoms with Crippen LogP contribution in [0, 0.1) is 11.3 Å². The number of alkyl halides is 2. The number of aromatic nitrogens is 1. The largest absolute Gasteiger partial charge is 0.371 e. The van der Waals surface area contributed by atoms with E-state index in [2.05, 4.69) is 20.8 Å². The van der Waals surface area contributed by atoms with Crippen molar-refractivity contribution in [2.75, 3.05) is 5.32 Å². The topological polar surface area (TPSA) is 125 Å². The number of hydrogen-bond acceptors (Lipinski definition) is 6. The highest BCUT2D eigenvalue weighted by molar-refractivity contribution is 6.31. The summed E-state index contributed by atoms with van der Waals surface area (Å²) in [6.45, 7) is -2.95. The Hall–Kier alpha value is -3.29. The van der Waals surface area contributed by atoms with Crippen molar-refractivity contribution in [3.05, 3.63) is 58.4 Å². The van der Waals surface area contributed by atoms with Gasteiger partial charge in [0.15, 0.2) is 0 Å². The van der Waals surface area contributed by atoms with Gasteiger partial charge in [0.2, 0.25) is 0 Å². The van der Waals surface area contributed by atoms with Gasteiger partial charge in [-0.05, 0) is 42.3 Å². The highest BCUT2D eigenvalue weighted by Crippen LogP contribution is 2.44. The lowest BCUT2D eigenvalue weighted by molar-refractivity contribution is 0.102. The lowest BCUT2D eigenvalue weighted by Crippen LogP contribution is -2.29. The van der Waals surface area contributed by atoms with Gasteiger partial charge in [-0.15, -0.1) is 5.48 Å². The molecular formula is C18H15ClF2N6O2.